The van der Waals surface area contributed by atoms with Gasteiger partial charge < -0.3 is 5.73 Å². The Labute approximate surface area is 149 Å². The van der Waals surface area contributed by atoms with Crippen molar-refractivity contribution in [2.45, 2.75) is 18.9 Å². The third-order valence-corrected chi connectivity index (χ3v) is 5.48. The van der Waals surface area contributed by atoms with Gasteiger partial charge in [-0.3, -0.25) is 9.69 Å². The first kappa shape index (κ1) is 15.8. The first-order valence-corrected chi connectivity index (χ1v) is 8.97. The summed E-state index contributed by atoms with van der Waals surface area (Å²) < 4.78 is 1.17. The lowest BCUT2D eigenvalue weighted by atomic mass is 9.88. The molecule has 3 aromatic rings. The number of hydrogen-bond acceptors (Lipinski definition) is 5. The SMILES string of the molecule is C[C@@H]1N=C(N)N(C)C(=O)C1c1cccc(-c2ccc3scnc3c2)c1. The highest BCUT2D eigenvalue weighted by molar-refractivity contribution is 7.16. The number of nitrogens with two attached hydrogens (primary N) is 1. The van der Waals surface area contributed by atoms with Crippen LogP contribution >= 0.6 is 11.3 Å². The topological polar surface area (TPSA) is 71.6 Å². The Morgan fingerprint density at radius 2 is 1.96 bits per heavy atom. The number of aromatic nitrogens is 1. The summed E-state index contributed by atoms with van der Waals surface area (Å²) in [7, 11) is 1.67. The molecule has 0 saturated heterocycles. The predicted octanol–water partition coefficient (Wildman–Crippen LogP) is 3.22. The summed E-state index contributed by atoms with van der Waals surface area (Å²) in [6.07, 6.45) is 0. The number of rotatable bonds is 2. The van der Waals surface area contributed by atoms with Crippen LogP contribution in [0.1, 0.15) is 18.4 Å². The van der Waals surface area contributed by atoms with E-state index in [4.69, 9.17) is 5.73 Å². The number of nitrogens with zero attached hydrogens (tertiary/aromatic N) is 3. The number of carbonyl (C=O) groups is 1. The van der Waals surface area contributed by atoms with E-state index in [1.807, 2.05) is 24.6 Å². The van der Waals surface area contributed by atoms with Crippen molar-refractivity contribution in [1.82, 2.24) is 9.88 Å². The second kappa shape index (κ2) is 5.97. The Balaban J connectivity index is 1.75. The van der Waals surface area contributed by atoms with Crippen molar-refractivity contribution in [3.05, 3.63) is 53.5 Å². The zero-order chi connectivity index (χ0) is 17.6. The van der Waals surface area contributed by atoms with Gasteiger partial charge in [-0.2, -0.15) is 0 Å². The summed E-state index contributed by atoms with van der Waals surface area (Å²) in [6, 6.07) is 14.2. The normalized spacial score (nSPS) is 20.8. The molecular formula is C19H18N4OS. The van der Waals surface area contributed by atoms with Crippen LogP contribution in [0.25, 0.3) is 21.3 Å². The lowest BCUT2D eigenvalue weighted by molar-refractivity contribution is -0.129. The number of benzene rings is 2. The second-order valence-electron chi connectivity index (χ2n) is 6.26. The van der Waals surface area contributed by atoms with Crippen molar-refractivity contribution < 1.29 is 4.79 Å². The fourth-order valence-corrected chi connectivity index (χ4v) is 3.93. The quantitative estimate of drug-likeness (QED) is 0.771. The Bertz CT molecular complexity index is 994. The smallest absolute Gasteiger partial charge is 0.238 e. The largest absolute Gasteiger partial charge is 0.369 e. The van der Waals surface area contributed by atoms with Gasteiger partial charge in [0.25, 0.3) is 0 Å². The second-order valence-corrected chi connectivity index (χ2v) is 7.15. The minimum Gasteiger partial charge on any atom is -0.369 e. The van der Waals surface area contributed by atoms with E-state index in [0.717, 1.165) is 22.2 Å². The van der Waals surface area contributed by atoms with Gasteiger partial charge >= 0.3 is 0 Å². The van der Waals surface area contributed by atoms with Crippen LogP contribution in [0.5, 0.6) is 0 Å². The molecule has 5 nitrogen and oxygen atoms in total. The van der Waals surface area contributed by atoms with E-state index < -0.39 is 0 Å². The molecule has 1 unspecified atom stereocenters. The van der Waals surface area contributed by atoms with Gasteiger partial charge in [0.05, 0.1) is 27.7 Å². The van der Waals surface area contributed by atoms with E-state index in [1.54, 1.807) is 18.4 Å². The number of fused-ring (bicyclic) bond motifs is 1. The first-order chi connectivity index (χ1) is 12.0. The summed E-state index contributed by atoms with van der Waals surface area (Å²) >= 11 is 1.63. The van der Waals surface area contributed by atoms with Gasteiger partial charge in [0.1, 0.15) is 0 Å². The number of aliphatic imine (C=N–C) groups is 1. The number of hydrogen-bond donors (Lipinski definition) is 1. The average Bonchev–Trinajstić information content (AvgIpc) is 3.08. The molecule has 0 radical (unpaired) electrons. The van der Waals surface area contributed by atoms with Gasteiger partial charge in [-0.15, -0.1) is 11.3 Å². The van der Waals surface area contributed by atoms with Gasteiger partial charge in [-0.1, -0.05) is 30.3 Å². The fourth-order valence-electron chi connectivity index (χ4n) is 3.27. The van der Waals surface area contributed by atoms with Crippen molar-refractivity contribution in [3.63, 3.8) is 0 Å². The number of carbonyl (C=O) groups excluding carboxylic acids is 1. The minimum absolute atomic E-state index is 0.0212. The van der Waals surface area contributed by atoms with Crippen LogP contribution < -0.4 is 5.73 Å². The average molecular weight is 350 g/mol. The molecule has 0 bridgehead atoms. The molecule has 4 rings (SSSR count). The number of likely N-dealkylation sites (N-methyl/N-ethyl adjacent to an activating group) is 1. The molecule has 6 heteroatoms. The number of thiazole rings is 1. The molecule has 0 aliphatic carbocycles. The molecule has 1 aromatic heterocycles. The van der Waals surface area contributed by atoms with Crippen molar-refractivity contribution >= 4 is 33.4 Å². The first-order valence-electron chi connectivity index (χ1n) is 8.09. The number of guanidine groups is 1. The van der Waals surface area contributed by atoms with Crippen LogP contribution in [0.4, 0.5) is 0 Å². The van der Waals surface area contributed by atoms with Gasteiger partial charge in [-0.25, -0.2) is 9.98 Å². The van der Waals surface area contributed by atoms with E-state index >= 15 is 0 Å². The Kier molecular flexibility index (Phi) is 3.77. The molecule has 126 valence electrons. The highest BCUT2D eigenvalue weighted by Crippen LogP contribution is 2.32. The Morgan fingerprint density at radius 1 is 1.16 bits per heavy atom. The Hall–Kier alpha value is -2.73. The van der Waals surface area contributed by atoms with Crippen molar-refractivity contribution in [2.24, 2.45) is 10.7 Å². The summed E-state index contributed by atoms with van der Waals surface area (Å²) in [5.41, 5.74) is 11.8. The maximum absolute atomic E-state index is 12.7. The summed E-state index contributed by atoms with van der Waals surface area (Å²) in [6.45, 7) is 1.93. The van der Waals surface area contributed by atoms with E-state index in [9.17, 15) is 4.79 Å². The minimum atomic E-state index is -0.319. The predicted molar refractivity (Wildman–Crippen MR) is 102 cm³/mol. The van der Waals surface area contributed by atoms with Gasteiger partial charge in [0, 0.05) is 7.05 Å². The summed E-state index contributed by atoms with van der Waals surface area (Å²) in [5.74, 6) is -0.0637. The highest BCUT2D eigenvalue weighted by atomic mass is 32.1. The van der Waals surface area contributed by atoms with Crippen LogP contribution in [-0.4, -0.2) is 34.8 Å². The standard InChI is InChI=1S/C19H18N4OS/c1-11-17(18(24)23(2)19(20)22-11)14-5-3-4-12(8-14)13-6-7-16-15(9-13)21-10-25-16/h3-11,17H,1-2H3,(H2,20,22)/t11-,17?/m0/s1. The Morgan fingerprint density at radius 3 is 2.80 bits per heavy atom. The third kappa shape index (κ3) is 2.68. The fraction of sp³-hybridized carbons (Fsp3) is 0.211. The molecule has 2 aromatic carbocycles. The molecule has 2 heterocycles. The van der Waals surface area contributed by atoms with E-state index in [-0.39, 0.29) is 23.8 Å². The summed E-state index contributed by atoms with van der Waals surface area (Å²) in [4.78, 5) is 22.9. The third-order valence-electron chi connectivity index (χ3n) is 4.67. The van der Waals surface area contributed by atoms with E-state index in [0.29, 0.717) is 0 Å². The zero-order valence-corrected chi connectivity index (χ0v) is 14.8. The van der Waals surface area contributed by atoms with Gasteiger partial charge in [0.2, 0.25) is 5.91 Å². The van der Waals surface area contributed by atoms with E-state index in [2.05, 4.69) is 40.3 Å². The van der Waals surface area contributed by atoms with Gasteiger partial charge in [-0.05, 0) is 35.7 Å². The zero-order valence-electron chi connectivity index (χ0n) is 14.0. The van der Waals surface area contributed by atoms with Crippen molar-refractivity contribution in [2.75, 3.05) is 7.05 Å². The molecule has 0 saturated carbocycles. The van der Waals surface area contributed by atoms with Crippen LogP contribution in [0.2, 0.25) is 0 Å². The monoisotopic (exact) mass is 350 g/mol. The maximum atomic E-state index is 12.7. The summed E-state index contributed by atoms with van der Waals surface area (Å²) in [5, 5.41) is 0. The van der Waals surface area contributed by atoms with Crippen LogP contribution in [0.3, 0.4) is 0 Å². The molecule has 1 aliphatic heterocycles. The van der Waals surface area contributed by atoms with Gasteiger partial charge in [0.15, 0.2) is 5.96 Å². The van der Waals surface area contributed by atoms with Crippen molar-refractivity contribution in [3.8, 4) is 11.1 Å². The van der Waals surface area contributed by atoms with Crippen LogP contribution in [-0.2, 0) is 4.79 Å². The maximum Gasteiger partial charge on any atom is 0.238 e. The molecular weight excluding hydrogens is 332 g/mol. The lowest BCUT2D eigenvalue weighted by Gasteiger charge is -2.31. The number of amides is 1. The molecule has 2 atom stereocenters. The molecule has 1 amide bonds. The molecule has 0 spiro atoms. The molecule has 1 aliphatic rings. The van der Waals surface area contributed by atoms with Crippen LogP contribution in [0.15, 0.2) is 53.0 Å². The lowest BCUT2D eigenvalue weighted by Crippen LogP contribution is -2.48. The molecule has 0 fully saturated rings. The molecule has 2 N–H and O–H groups in total. The van der Waals surface area contributed by atoms with Crippen LogP contribution in [0, 0.1) is 0 Å². The highest BCUT2D eigenvalue weighted by Gasteiger charge is 2.34. The van der Waals surface area contributed by atoms with E-state index in [1.165, 1.54) is 9.60 Å². The molecule has 25 heavy (non-hydrogen) atoms. The van der Waals surface area contributed by atoms with Crippen molar-refractivity contribution in [1.29, 1.82) is 0 Å².